The molecule has 0 N–H and O–H groups in total. The lowest BCUT2D eigenvalue weighted by Crippen LogP contribution is -2.09. The van der Waals surface area contributed by atoms with Crippen molar-refractivity contribution < 1.29 is 0 Å². The second-order valence-corrected chi connectivity index (χ2v) is 9.02. The quantitative estimate of drug-likeness (QED) is 0.528. The molecule has 2 aliphatic rings. The van der Waals surface area contributed by atoms with Crippen LogP contribution in [0.25, 0.3) is 12.2 Å². The monoisotopic (exact) mass is 412 g/mol. The van der Waals surface area contributed by atoms with Gasteiger partial charge in [0.2, 0.25) is 0 Å². The van der Waals surface area contributed by atoms with Crippen LogP contribution in [0.15, 0.2) is 47.5 Å². The lowest BCUT2D eigenvalue weighted by atomic mass is 9.89. The van der Waals surface area contributed by atoms with Crippen molar-refractivity contribution in [1.82, 2.24) is 0 Å². The predicted octanol–water partition coefficient (Wildman–Crippen LogP) is 6.51. The molecule has 0 bridgehead atoms. The second kappa shape index (κ2) is 7.17. The van der Waals surface area contributed by atoms with Gasteiger partial charge >= 0.3 is 0 Å². The number of nitrogens with zero attached hydrogens (tertiary/aromatic N) is 2. The van der Waals surface area contributed by atoms with Crippen molar-refractivity contribution >= 4 is 46.7 Å². The van der Waals surface area contributed by atoms with Crippen LogP contribution in [0.4, 0.5) is 11.4 Å². The van der Waals surface area contributed by atoms with Crippen LogP contribution in [-0.4, -0.2) is 28.2 Å². The fourth-order valence-corrected chi connectivity index (χ4v) is 5.04. The summed E-state index contributed by atoms with van der Waals surface area (Å²) in [6, 6.07) is 13.0. The van der Waals surface area contributed by atoms with Crippen LogP contribution in [0.1, 0.15) is 39.9 Å². The molecule has 0 heterocycles. The zero-order valence-corrected chi connectivity index (χ0v) is 18.5. The van der Waals surface area contributed by atoms with Crippen molar-refractivity contribution in [2.75, 3.05) is 38.0 Å². The van der Waals surface area contributed by atoms with E-state index in [-0.39, 0.29) is 16.7 Å². The van der Waals surface area contributed by atoms with E-state index in [9.17, 15) is 0 Å². The summed E-state index contributed by atoms with van der Waals surface area (Å²) < 4.78 is 0. The van der Waals surface area contributed by atoms with E-state index < -0.39 is 0 Å². The van der Waals surface area contributed by atoms with Gasteiger partial charge in [0.1, 0.15) is 0 Å². The first kappa shape index (κ1) is 19.4. The van der Waals surface area contributed by atoms with Gasteiger partial charge in [0.05, 0.1) is 10.8 Å². The van der Waals surface area contributed by atoms with E-state index in [0.29, 0.717) is 0 Å². The Morgan fingerprint density at radius 3 is 1.46 bits per heavy atom. The van der Waals surface area contributed by atoms with Crippen molar-refractivity contribution in [1.29, 1.82) is 0 Å². The smallest absolute Gasteiger partial charge is 0.0810 e. The van der Waals surface area contributed by atoms with Crippen LogP contribution >= 0.6 is 23.2 Å². The first-order chi connectivity index (χ1) is 13.3. The van der Waals surface area contributed by atoms with E-state index in [0.717, 1.165) is 0 Å². The van der Waals surface area contributed by atoms with Gasteiger partial charge in [-0.05, 0) is 57.7 Å². The van der Waals surface area contributed by atoms with Gasteiger partial charge in [0.25, 0.3) is 0 Å². The molecule has 28 heavy (non-hydrogen) atoms. The molecule has 4 heteroatoms. The van der Waals surface area contributed by atoms with Gasteiger partial charge in [-0.2, -0.15) is 0 Å². The molecule has 0 spiro atoms. The largest absolute Gasteiger partial charge is 0.378 e. The van der Waals surface area contributed by atoms with Gasteiger partial charge in [-0.25, -0.2) is 0 Å². The number of fused-ring (bicyclic) bond motifs is 2. The fourth-order valence-electron chi connectivity index (χ4n) is 4.14. The number of allylic oxidation sites excluding steroid dienone is 2. The van der Waals surface area contributed by atoms with Gasteiger partial charge in [-0.3, -0.25) is 0 Å². The number of benzene rings is 2. The molecule has 2 aliphatic carbocycles. The molecular formula is C24H26Cl2N2. The molecule has 0 fully saturated rings. The SMILES string of the molecule is CC(C1=Cc2cc(N(C)C)ccc2C1Cl)C1=Cc2cc(N(C)C)ccc2C1Cl. The zero-order chi connectivity index (χ0) is 20.2. The van der Waals surface area contributed by atoms with Crippen LogP contribution in [-0.2, 0) is 0 Å². The Kier molecular flexibility index (Phi) is 4.97. The predicted molar refractivity (Wildman–Crippen MR) is 124 cm³/mol. The van der Waals surface area contributed by atoms with Crippen molar-refractivity contribution in [3.05, 3.63) is 69.8 Å². The summed E-state index contributed by atoms with van der Waals surface area (Å²) in [4.78, 5) is 4.23. The van der Waals surface area contributed by atoms with Gasteiger partial charge in [0.15, 0.2) is 0 Å². The van der Waals surface area contributed by atoms with Crippen LogP contribution in [0.3, 0.4) is 0 Å². The molecule has 2 nitrogen and oxygen atoms in total. The third-order valence-corrected chi connectivity index (χ3v) is 6.92. The van der Waals surface area contributed by atoms with E-state index in [1.165, 1.54) is 44.8 Å². The molecule has 2 unspecified atom stereocenters. The Balaban J connectivity index is 1.66. The summed E-state index contributed by atoms with van der Waals surface area (Å²) in [5.41, 5.74) is 9.63. The molecular weight excluding hydrogens is 387 g/mol. The van der Waals surface area contributed by atoms with Gasteiger partial charge in [-0.15, -0.1) is 23.2 Å². The summed E-state index contributed by atoms with van der Waals surface area (Å²) >= 11 is 13.8. The molecule has 0 aliphatic heterocycles. The Morgan fingerprint density at radius 1 is 0.714 bits per heavy atom. The Bertz CT molecular complexity index is 909. The minimum Gasteiger partial charge on any atom is -0.378 e. The maximum absolute atomic E-state index is 6.88. The molecule has 2 aromatic rings. The molecule has 0 aromatic heterocycles. The first-order valence-electron chi connectivity index (χ1n) is 9.61. The summed E-state index contributed by atoms with van der Waals surface area (Å²) in [5.74, 6) is 0.190. The standard InChI is InChI=1S/C24H26Cl2N2/c1-14(21-12-15-10-17(27(2)3)6-8-19(15)23(21)25)22-13-16-11-18(28(4)5)7-9-20(16)24(22)26/h6-14,23-24H,1-5H3. The third kappa shape index (κ3) is 3.13. The highest BCUT2D eigenvalue weighted by Crippen LogP contribution is 2.51. The van der Waals surface area contributed by atoms with Crippen molar-refractivity contribution in [2.24, 2.45) is 5.92 Å². The maximum atomic E-state index is 6.88. The van der Waals surface area contributed by atoms with Crippen LogP contribution < -0.4 is 9.80 Å². The van der Waals surface area contributed by atoms with E-state index in [2.05, 4.69) is 93.5 Å². The summed E-state index contributed by atoms with van der Waals surface area (Å²) in [6.07, 6.45) is 4.51. The van der Waals surface area contributed by atoms with E-state index >= 15 is 0 Å². The van der Waals surface area contributed by atoms with Crippen molar-refractivity contribution in [3.8, 4) is 0 Å². The zero-order valence-electron chi connectivity index (χ0n) is 17.0. The van der Waals surface area contributed by atoms with Crippen LogP contribution in [0.5, 0.6) is 0 Å². The van der Waals surface area contributed by atoms with E-state index in [4.69, 9.17) is 23.2 Å². The maximum Gasteiger partial charge on any atom is 0.0810 e. The molecule has 0 radical (unpaired) electrons. The number of halogens is 2. The van der Waals surface area contributed by atoms with Gasteiger partial charge in [0, 0.05) is 45.5 Å². The van der Waals surface area contributed by atoms with Gasteiger partial charge < -0.3 is 9.80 Å². The molecule has 146 valence electrons. The van der Waals surface area contributed by atoms with E-state index in [1.54, 1.807) is 0 Å². The van der Waals surface area contributed by atoms with E-state index in [1.807, 2.05) is 0 Å². The van der Waals surface area contributed by atoms with Gasteiger partial charge in [-0.1, -0.05) is 31.2 Å². The molecule has 0 saturated heterocycles. The lowest BCUT2D eigenvalue weighted by molar-refractivity contribution is 0.753. The molecule has 4 rings (SSSR count). The number of rotatable bonds is 4. The average Bonchev–Trinajstić information content (AvgIpc) is 3.18. The molecule has 2 aromatic carbocycles. The number of hydrogen-bond acceptors (Lipinski definition) is 2. The van der Waals surface area contributed by atoms with Crippen molar-refractivity contribution in [3.63, 3.8) is 0 Å². The number of alkyl halides is 2. The minimum absolute atomic E-state index is 0.105. The number of anilines is 2. The highest BCUT2D eigenvalue weighted by atomic mass is 35.5. The van der Waals surface area contributed by atoms with Crippen LogP contribution in [0.2, 0.25) is 0 Å². The number of hydrogen-bond donors (Lipinski definition) is 0. The summed E-state index contributed by atoms with van der Waals surface area (Å²) in [6.45, 7) is 2.22. The topological polar surface area (TPSA) is 6.48 Å². The fraction of sp³-hybridized carbons (Fsp3) is 0.333. The minimum atomic E-state index is -0.105. The summed E-state index contributed by atoms with van der Waals surface area (Å²) in [5, 5.41) is -0.209. The Labute approximate surface area is 178 Å². The average molecular weight is 413 g/mol. The normalized spacial score (nSPS) is 21.0. The Morgan fingerprint density at radius 2 is 1.11 bits per heavy atom. The molecule has 2 atom stereocenters. The van der Waals surface area contributed by atoms with Crippen LogP contribution in [0, 0.1) is 5.92 Å². The van der Waals surface area contributed by atoms with Crippen molar-refractivity contribution in [2.45, 2.75) is 17.7 Å². The first-order valence-corrected chi connectivity index (χ1v) is 10.5. The highest BCUT2D eigenvalue weighted by Gasteiger charge is 2.34. The third-order valence-electron chi connectivity index (χ3n) is 5.95. The molecule has 0 saturated carbocycles. The lowest BCUT2D eigenvalue weighted by Gasteiger charge is -2.21. The Hall–Kier alpha value is -1.90. The molecule has 0 amide bonds. The second-order valence-electron chi connectivity index (χ2n) is 8.15. The highest BCUT2D eigenvalue weighted by molar-refractivity contribution is 6.25. The summed E-state index contributed by atoms with van der Waals surface area (Å²) in [7, 11) is 8.23.